The number of nitrogens with zero attached hydrogens (tertiary/aromatic N) is 3. The molecule has 2 heterocycles. The number of hydrogen-bond acceptors (Lipinski definition) is 9. The number of ether oxygens (including phenoxy) is 1. The summed E-state index contributed by atoms with van der Waals surface area (Å²) in [4.78, 5) is 4.49. The van der Waals surface area contributed by atoms with Crippen LogP contribution in [-0.4, -0.2) is 65.2 Å². The van der Waals surface area contributed by atoms with Gasteiger partial charge in [0.1, 0.15) is 4.70 Å². The molecule has 6 rings (SSSR count). The summed E-state index contributed by atoms with van der Waals surface area (Å²) < 4.78 is 68.3. The third-order valence-corrected chi connectivity index (χ3v) is 11.3. The molecule has 0 saturated carbocycles. The zero-order valence-electron chi connectivity index (χ0n) is 29.9. The molecule has 0 spiro atoms. The molecule has 1 aliphatic rings. The molecule has 0 radical (unpaired) electrons. The minimum atomic E-state index is -4.29. The third-order valence-electron chi connectivity index (χ3n) is 9.03. The number of aromatic nitrogens is 1. The molecule has 1 unspecified atom stereocenters. The Morgan fingerprint density at radius 1 is 0.923 bits per heavy atom. The fourth-order valence-electron chi connectivity index (χ4n) is 6.28. The van der Waals surface area contributed by atoms with Crippen LogP contribution in [0.15, 0.2) is 90.8 Å². The first-order valence-corrected chi connectivity index (χ1v) is 21.1. The second-order valence-corrected chi connectivity index (χ2v) is 15.6. The number of thiazole rings is 1. The van der Waals surface area contributed by atoms with E-state index in [0.717, 1.165) is 48.6 Å². The average molecular weight is 766 g/mol. The van der Waals surface area contributed by atoms with Gasteiger partial charge in [-0.25, -0.2) is 8.42 Å². The van der Waals surface area contributed by atoms with Crippen molar-refractivity contribution in [3.63, 3.8) is 0 Å². The summed E-state index contributed by atoms with van der Waals surface area (Å²) >= 11 is -0.673. The first-order valence-electron chi connectivity index (χ1n) is 17.7. The fraction of sp³-hybridized carbons (Fsp3) is 0.359. The number of aryl methyl sites for hydroxylation is 1. The van der Waals surface area contributed by atoms with Crippen LogP contribution in [0.5, 0.6) is 5.75 Å². The summed E-state index contributed by atoms with van der Waals surface area (Å²) in [6, 6.07) is 28.6. The van der Waals surface area contributed by atoms with Crippen molar-refractivity contribution >= 4 is 65.6 Å². The monoisotopic (exact) mass is 765 g/mol. The molecule has 4 aromatic carbocycles. The van der Waals surface area contributed by atoms with E-state index < -0.39 is 27.2 Å². The van der Waals surface area contributed by atoms with Gasteiger partial charge >= 0.3 is 11.4 Å². The minimum Gasteiger partial charge on any atom is -0.748 e. The lowest BCUT2D eigenvalue weighted by Crippen LogP contribution is -2.36. The summed E-state index contributed by atoms with van der Waals surface area (Å²) in [6.07, 6.45) is 4.09. The van der Waals surface area contributed by atoms with Crippen LogP contribution in [0.25, 0.3) is 38.2 Å². The Hall–Kier alpha value is -3.69. The van der Waals surface area contributed by atoms with Crippen LogP contribution in [0, 0.1) is 0 Å². The molecule has 0 bridgehead atoms. The van der Waals surface area contributed by atoms with E-state index in [1.807, 2.05) is 48.5 Å². The molecule has 0 amide bonds. The molecule has 1 aromatic heterocycles. The normalized spacial score (nSPS) is 14.1. The van der Waals surface area contributed by atoms with E-state index in [-0.39, 0.29) is 13.0 Å². The summed E-state index contributed by atoms with van der Waals surface area (Å²) in [5.74, 6) is 0.983. The van der Waals surface area contributed by atoms with Crippen molar-refractivity contribution in [3.8, 4) is 16.9 Å². The Bertz CT molecular complexity index is 2090. The molecule has 13 heteroatoms. The first kappa shape index (κ1) is 39.5. The number of rotatable bonds is 16. The van der Waals surface area contributed by atoms with Gasteiger partial charge in [-0.2, -0.15) is 8.78 Å². The van der Waals surface area contributed by atoms with Crippen LogP contribution < -0.4 is 14.2 Å². The lowest BCUT2D eigenvalue weighted by atomic mass is 10.0. The smallest absolute Gasteiger partial charge is 0.301 e. The Morgan fingerprint density at radius 2 is 1.65 bits per heavy atom. The zero-order chi connectivity index (χ0) is 37.1. The molecule has 5 aromatic rings. The van der Waals surface area contributed by atoms with Crippen LogP contribution in [-0.2, 0) is 32.2 Å². The van der Waals surface area contributed by atoms with E-state index in [0.29, 0.717) is 38.2 Å². The largest absolute Gasteiger partial charge is 0.748 e. The number of fused-ring (bicyclic) bond motifs is 4. The molecular weight excluding hydrogens is 719 g/mol. The van der Waals surface area contributed by atoms with Crippen LogP contribution >= 0.6 is 11.3 Å². The van der Waals surface area contributed by atoms with Crippen molar-refractivity contribution in [1.29, 1.82) is 0 Å². The maximum absolute atomic E-state index is 11.3. The Kier molecular flexibility index (Phi) is 14.3. The van der Waals surface area contributed by atoms with E-state index in [9.17, 15) is 17.2 Å². The highest BCUT2D eigenvalue weighted by Crippen LogP contribution is 2.42. The molecule has 1 N–H and O–H groups in total. The van der Waals surface area contributed by atoms with E-state index >= 15 is 0 Å². The molecule has 1 atom stereocenters. The van der Waals surface area contributed by atoms with Gasteiger partial charge in [-0.1, -0.05) is 92.8 Å². The topological polar surface area (TPSA) is 123 Å². The van der Waals surface area contributed by atoms with E-state index in [1.54, 1.807) is 11.3 Å². The maximum atomic E-state index is 11.3. The summed E-state index contributed by atoms with van der Waals surface area (Å²) in [7, 11) is -4.29. The highest BCUT2D eigenvalue weighted by atomic mass is 32.2. The standard InChI is InChI=1S/C33H32N2O7S3.C6H15N/c36-44(37)41-20-8-6-18-34-28-22-26(24-10-2-1-3-11-24)14-16-29(28)42-31(34)23-32-35(19-7-9-21-45(38,39)40)33-27-13-5-4-12-25(27)15-17-30(33)43-32;1-4-7(5-2)6-3/h1-5,10-17,22-23H,6-9,18-21H2,(H-,36,37,38,39,40);4-6H2,1-3H3. The van der Waals surface area contributed by atoms with Gasteiger partial charge in [-0.3, -0.25) is 8.74 Å². The van der Waals surface area contributed by atoms with E-state index in [4.69, 9.17) is 13.5 Å². The molecule has 1 aliphatic heterocycles. The number of hydrogen-bond donors (Lipinski definition) is 1. The molecule has 0 aliphatic carbocycles. The zero-order valence-corrected chi connectivity index (χ0v) is 32.4. The van der Waals surface area contributed by atoms with Crippen LogP contribution in [0.1, 0.15) is 51.5 Å². The fourth-order valence-corrected chi connectivity index (χ4v) is 8.23. The van der Waals surface area contributed by atoms with E-state index in [1.165, 1.54) is 19.6 Å². The van der Waals surface area contributed by atoms with Crippen LogP contribution in [0.3, 0.4) is 0 Å². The lowest BCUT2D eigenvalue weighted by molar-refractivity contribution is -0.668. The van der Waals surface area contributed by atoms with Crippen molar-refractivity contribution in [3.05, 3.63) is 95.8 Å². The number of unbranched alkanes of at least 4 members (excludes halogenated alkanes) is 2. The summed E-state index contributed by atoms with van der Waals surface area (Å²) in [5.41, 5.74) is 4.12. The number of anilines is 1. The van der Waals surface area contributed by atoms with Crippen molar-refractivity contribution in [2.75, 3.05) is 43.4 Å². The Balaban J connectivity index is 0.000000679. The number of benzene rings is 4. The summed E-state index contributed by atoms with van der Waals surface area (Å²) in [5, 5.41) is 3.12. The van der Waals surface area contributed by atoms with Crippen LogP contribution in [0.4, 0.5) is 5.69 Å². The molecule has 0 fully saturated rings. The third kappa shape index (κ3) is 10.5. The van der Waals surface area contributed by atoms with Crippen molar-refractivity contribution in [2.24, 2.45) is 0 Å². The second kappa shape index (κ2) is 18.9. The van der Waals surface area contributed by atoms with Gasteiger partial charge in [0.25, 0.3) is 5.01 Å². The molecule has 0 saturated heterocycles. The van der Waals surface area contributed by atoms with Crippen LogP contribution in [0.2, 0.25) is 0 Å². The summed E-state index contributed by atoms with van der Waals surface area (Å²) in [6.45, 7) is 11.4. The minimum absolute atomic E-state index is 0.163. The van der Waals surface area contributed by atoms with Crippen molar-refractivity contribution < 1.29 is 35.2 Å². The van der Waals surface area contributed by atoms with Gasteiger partial charge in [-0.15, -0.1) is 0 Å². The van der Waals surface area contributed by atoms with Gasteiger partial charge in [-0.05, 0) is 79.7 Å². The first-order chi connectivity index (χ1) is 25.1. The van der Waals surface area contributed by atoms with Gasteiger partial charge in [0, 0.05) is 18.7 Å². The van der Waals surface area contributed by atoms with Gasteiger partial charge in [0.2, 0.25) is 11.4 Å². The highest BCUT2D eigenvalue weighted by molar-refractivity contribution is 7.85. The van der Waals surface area contributed by atoms with Crippen molar-refractivity contribution in [2.45, 2.75) is 53.0 Å². The molecule has 278 valence electrons. The Morgan fingerprint density at radius 3 is 2.35 bits per heavy atom. The van der Waals surface area contributed by atoms with Gasteiger partial charge in [0.05, 0.1) is 33.9 Å². The SMILES string of the molecule is CCN(CC)CC.O=S(O)OCCCCN1C(=Cc2sc3ccc4ccccc4c3[n+]2CCCCS(=O)(=O)[O-])Oc2ccc(-c3ccccc3)cc21. The van der Waals surface area contributed by atoms with Gasteiger partial charge < -0.3 is 19.1 Å². The molecule has 52 heavy (non-hydrogen) atoms. The molecular formula is C39H47N3O7S3. The average Bonchev–Trinajstić information content (AvgIpc) is 3.67. The second-order valence-electron chi connectivity index (χ2n) is 12.3. The highest BCUT2D eigenvalue weighted by Gasteiger charge is 2.30. The molecule has 10 nitrogen and oxygen atoms in total. The lowest BCUT2D eigenvalue weighted by Gasteiger charge is -2.18. The maximum Gasteiger partial charge on any atom is 0.301 e. The predicted molar refractivity (Wildman–Crippen MR) is 211 cm³/mol. The quantitative estimate of drug-likeness (QED) is 0.0464. The van der Waals surface area contributed by atoms with Crippen molar-refractivity contribution in [1.82, 2.24) is 4.90 Å². The predicted octanol–water partition coefficient (Wildman–Crippen LogP) is 7.81. The van der Waals surface area contributed by atoms with E-state index in [2.05, 4.69) is 77.6 Å². The van der Waals surface area contributed by atoms with Gasteiger partial charge in [0.15, 0.2) is 12.3 Å². The Labute approximate surface area is 313 Å².